The van der Waals surface area contributed by atoms with E-state index < -0.39 is 0 Å². The van der Waals surface area contributed by atoms with Gasteiger partial charge >= 0.3 is 0 Å². The quantitative estimate of drug-likeness (QED) is 0.413. The number of carbonyl (C=O) groups is 2. The van der Waals surface area contributed by atoms with Gasteiger partial charge in [0.25, 0.3) is 11.8 Å². The summed E-state index contributed by atoms with van der Waals surface area (Å²) in [7, 11) is 0. The Kier molecular flexibility index (Phi) is 9.04. The van der Waals surface area contributed by atoms with Gasteiger partial charge in [0.15, 0.2) is 5.11 Å². The maximum absolute atomic E-state index is 12.4. The molecule has 1 heterocycles. The molecular weight excluding hydrogens is 422 g/mol. The van der Waals surface area contributed by atoms with Crippen molar-refractivity contribution in [2.75, 3.05) is 25.0 Å². The lowest BCUT2D eigenvalue weighted by molar-refractivity contribution is 0.0792. The first-order valence-corrected chi connectivity index (χ1v) is 11.7. The number of nitrogens with zero attached hydrogens (tertiary/aromatic N) is 1. The molecular formula is C25H31N3O3S. The molecule has 7 heteroatoms. The Morgan fingerprint density at radius 2 is 1.59 bits per heavy atom. The van der Waals surface area contributed by atoms with E-state index >= 15 is 0 Å². The number of nitrogens with one attached hydrogen (secondary N) is 2. The molecule has 0 spiro atoms. The van der Waals surface area contributed by atoms with Crippen LogP contribution in [0.3, 0.4) is 0 Å². The molecule has 0 bridgehead atoms. The highest BCUT2D eigenvalue weighted by molar-refractivity contribution is 7.80. The highest BCUT2D eigenvalue weighted by atomic mass is 32.1. The molecule has 0 saturated carbocycles. The molecule has 0 radical (unpaired) electrons. The number of amides is 2. The van der Waals surface area contributed by atoms with Crippen molar-refractivity contribution in [3.63, 3.8) is 0 Å². The first-order valence-electron chi connectivity index (χ1n) is 11.3. The van der Waals surface area contributed by atoms with Crippen LogP contribution in [0.5, 0.6) is 5.75 Å². The summed E-state index contributed by atoms with van der Waals surface area (Å²) in [5.41, 5.74) is 1.86. The van der Waals surface area contributed by atoms with Crippen molar-refractivity contribution in [3.8, 4) is 5.75 Å². The van der Waals surface area contributed by atoms with Crippen LogP contribution >= 0.6 is 12.2 Å². The van der Waals surface area contributed by atoms with Gasteiger partial charge in [-0.2, -0.15) is 0 Å². The Hall–Kier alpha value is -2.93. The normalized spacial score (nSPS) is 13.0. The minimum atomic E-state index is -0.294. The molecule has 6 nitrogen and oxygen atoms in total. The maximum Gasteiger partial charge on any atom is 0.257 e. The fourth-order valence-electron chi connectivity index (χ4n) is 3.56. The van der Waals surface area contributed by atoms with E-state index in [0.717, 1.165) is 38.1 Å². The number of hydrogen-bond donors (Lipinski definition) is 2. The molecule has 1 aliphatic heterocycles. The molecule has 32 heavy (non-hydrogen) atoms. The Bertz CT molecular complexity index is 907. The first kappa shape index (κ1) is 23.7. The number of hydrogen-bond acceptors (Lipinski definition) is 4. The van der Waals surface area contributed by atoms with Crippen molar-refractivity contribution in [1.29, 1.82) is 0 Å². The summed E-state index contributed by atoms with van der Waals surface area (Å²) < 4.78 is 5.71. The molecule has 170 valence electrons. The predicted octanol–water partition coefficient (Wildman–Crippen LogP) is 5.01. The van der Waals surface area contributed by atoms with Crippen LogP contribution in [0.2, 0.25) is 0 Å². The van der Waals surface area contributed by atoms with Crippen molar-refractivity contribution >= 4 is 34.8 Å². The molecule has 0 atom stereocenters. The zero-order valence-electron chi connectivity index (χ0n) is 18.6. The number of ether oxygens (including phenoxy) is 1. The minimum Gasteiger partial charge on any atom is -0.494 e. The van der Waals surface area contributed by atoms with Crippen LogP contribution in [0.15, 0.2) is 48.5 Å². The Morgan fingerprint density at radius 1 is 0.938 bits per heavy atom. The van der Waals surface area contributed by atoms with Gasteiger partial charge < -0.3 is 15.0 Å². The number of rotatable bonds is 9. The monoisotopic (exact) mass is 453 g/mol. The molecule has 0 aromatic heterocycles. The second-order valence-corrected chi connectivity index (χ2v) is 8.33. The van der Waals surface area contributed by atoms with Gasteiger partial charge in [-0.05, 0) is 80.0 Å². The lowest BCUT2D eigenvalue weighted by Crippen LogP contribution is -2.34. The average Bonchev–Trinajstić information content (AvgIpc) is 3.34. The molecule has 2 N–H and O–H groups in total. The van der Waals surface area contributed by atoms with Gasteiger partial charge in [-0.15, -0.1) is 0 Å². The second-order valence-electron chi connectivity index (χ2n) is 7.92. The summed E-state index contributed by atoms with van der Waals surface area (Å²) in [6.45, 7) is 4.50. The topological polar surface area (TPSA) is 70.7 Å². The van der Waals surface area contributed by atoms with E-state index in [1.165, 1.54) is 19.3 Å². The SMILES string of the molecule is CCCCCCOc1ccc(C(=O)NC(=S)Nc2ccc(C(=O)N3CCCC3)cc2)cc1. The fourth-order valence-corrected chi connectivity index (χ4v) is 3.77. The molecule has 0 aliphatic carbocycles. The summed E-state index contributed by atoms with van der Waals surface area (Å²) in [5.74, 6) is 0.512. The van der Waals surface area contributed by atoms with Gasteiger partial charge in [0.2, 0.25) is 0 Å². The summed E-state index contributed by atoms with van der Waals surface area (Å²) in [6.07, 6.45) is 6.74. The number of likely N-dealkylation sites (tertiary alicyclic amines) is 1. The number of thiocarbonyl (C=S) groups is 1. The molecule has 2 amide bonds. The van der Waals surface area contributed by atoms with Crippen LogP contribution < -0.4 is 15.4 Å². The standard InChI is InChI=1S/C25H31N3O3S/c1-2-3-4-7-18-31-22-14-10-19(11-15-22)23(29)27-25(32)26-21-12-8-20(9-13-21)24(30)28-16-5-6-17-28/h8-15H,2-7,16-18H2,1H3,(H2,26,27,29,32). The van der Waals surface area contributed by atoms with Crippen LogP contribution in [-0.2, 0) is 0 Å². The molecule has 0 unspecified atom stereocenters. The summed E-state index contributed by atoms with van der Waals surface area (Å²) >= 11 is 5.26. The Morgan fingerprint density at radius 3 is 2.25 bits per heavy atom. The maximum atomic E-state index is 12.4. The Balaban J connectivity index is 1.45. The average molecular weight is 454 g/mol. The lowest BCUT2D eigenvalue weighted by atomic mass is 10.2. The number of anilines is 1. The molecule has 2 aromatic rings. The highest BCUT2D eigenvalue weighted by Gasteiger charge is 2.19. The number of unbranched alkanes of at least 4 members (excludes halogenated alkanes) is 3. The van der Waals surface area contributed by atoms with Crippen LogP contribution in [0.25, 0.3) is 0 Å². The fraction of sp³-hybridized carbons (Fsp3) is 0.400. The van der Waals surface area contributed by atoms with Crippen molar-refractivity contribution in [1.82, 2.24) is 10.2 Å². The zero-order chi connectivity index (χ0) is 22.8. The van der Waals surface area contributed by atoms with E-state index in [-0.39, 0.29) is 16.9 Å². The van der Waals surface area contributed by atoms with E-state index in [4.69, 9.17) is 17.0 Å². The summed E-state index contributed by atoms with van der Waals surface area (Å²) in [4.78, 5) is 26.7. The van der Waals surface area contributed by atoms with E-state index in [0.29, 0.717) is 23.4 Å². The van der Waals surface area contributed by atoms with Crippen LogP contribution in [0, 0.1) is 0 Å². The van der Waals surface area contributed by atoms with Crippen molar-refractivity contribution in [2.24, 2.45) is 0 Å². The van der Waals surface area contributed by atoms with Crippen molar-refractivity contribution in [3.05, 3.63) is 59.7 Å². The molecule has 1 fully saturated rings. The summed E-state index contributed by atoms with van der Waals surface area (Å²) in [5, 5.41) is 5.86. The van der Waals surface area contributed by atoms with Gasteiger partial charge in [-0.1, -0.05) is 26.2 Å². The van der Waals surface area contributed by atoms with E-state index in [9.17, 15) is 9.59 Å². The molecule has 1 aliphatic rings. The van der Waals surface area contributed by atoms with Gasteiger partial charge in [-0.3, -0.25) is 14.9 Å². The predicted molar refractivity (Wildman–Crippen MR) is 131 cm³/mol. The smallest absolute Gasteiger partial charge is 0.257 e. The van der Waals surface area contributed by atoms with Gasteiger partial charge in [0.05, 0.1) is 6.61 Å². The van der Waals surface area contributed by atoms with Crippen molar-refractivity contribution < 1.29 is 14.3 Å². The van der Waals surface area contributed by atoms with Crippen LogP contribution in [0.1, 0.15) is 66.2 Å². The Labute approximate surface area is 195 Å². The van der Waals surface area contributed by atoms with E-state index in [2.05, 4.69) is 17.6 Å². The van der Waals surface area contributed by atoms with E-state index in [1.54, 1.807) is 48.5 Å². The minimum absolute atomic E-state index is 0.0540. The van der Waals surface area contributed by atoms with Crippen molar-refractivity contribution in [2.45, 2.75) is 45.4 Å². The van der Waals surface area contributed by atoms with Crippen LogP contribution in [0.4, 0.5) is 5.69 Å². The van der Waals surface area contributed by atoms with Gasteiger partial charge in [-0.25, -0.2) is 0 Å². The molecule has 3 rings (SSSR count). The van der Waals surface area contributed by atoms with E-state index in [1.807, 2.05) is 4.90 Å². The largest absolute Gasteiger partial charge is 0.494 e. The summed E-state index contributed by atoms with van der Waals surface area (Å²) in [6, 6.07) is 14.1. The third-order valence-corrected chi connectivity index (χ3v) is 5.60. The van der Waals surface area contributed by atoms with Gasteiger partial charge in [0.1, 0.15) is 5.75 Å². The number of carbonyl (C=O) groups excluding carboxylic acids is 2. The second kappa shape index (κ2) is 12.2. The number of benzene rings is 2. The van der Waals surface area contributed by atoms with Crippen LogP contribution in [-0.4, -0.2) is 41.5 Å². The first-order chi connectivity index (χ1) is 15.6. The third kappa shape index (κ3) is 7.05. The highest BCUT2D eigenvalue weighted by Crippen LogP contribution is 2.16. The zero-order valence-corrected chi connectivity index (χ0v) is 19.4. The molecule has 2 aromatic carbocycles. The lowest BCUT2D eigenvalue weighted by Gasteiger charge is -2.15. The molecule has 1 saturated heterocycles. The third-order valence-electron chi connectivity index (χ3n) is 5.39. The van der Waals surface area contributed by atoms with Gasteiger partial charge in [0, 0.05) is 29.9 Å².